The number of piperidine rings is 1. The summed E-state index contributed by atoms with van der Waals surface area (Å²) in [5.41, 5.74) is 2.24. The van der Waals surface area contributed by atoms with Crippen LogP contribution < -0.4 is 25.2 Å². The van der Waals surface area contributed by atoms with Crippen molar-refractivity contribution in [1.82, 2.24) is 15.3 Å². The lowest BCUT2D eigenvalue weighted by atomic mass is 9.97. The SMILES string of the molecule is COc1ccc(-c2csc3c(=O)[nH]c(N4CCC[C@H](C(=O)NCC(C)C)C4)nc23)cc1OC. The monoisotopic (exact) mass is 470 g/mol. The van der Waals surface area contributed by atoms with Gasteiger partial charge in [-0.2, -0.15) is 0 Å². The highest BCUT2D eigenvalue weighted by Crippen LogP contribution is 2.37. The highest BCUT2D eigenvalue weighted by atomic mass is 32.1. The Labute approximate surface area is 196 Å². The second kappa shape index (κ2) is 9.82. The molecule has 4 rings (SSSR count). The molecule has 1 aliphatic rings. The van der Waals surface area contributed by atoms with Crippen molar-refractivity contribution in [3.8, 4) is 22.6 Å². The molecular weight excluding hydrogens is 440 g/mol. The third kappa shape index (κ3) is 4.83. The van der Waals surface area contributed by atoms with Crippen LogP contribution in [0.15, 0.2) is 28.4 Å². The molecule has 1 aromatic carbocycles. The van der Waals surface area contributed by atoms with Crippen LogP contribution >= 0.6 is 11.3 Å². The Kier molecular flexibility index (Phi) is 6.88. The average Bonchev–Trinajstić information content (AvgIpc) is 3.26. The van der Waals surface area contributed by atoms with Gasteiger partial charge in [-0.15, -0.1) is 11.3 Å². The summed E-state index contributed by atoms with van der Waals surface area (Å²) in [6.45, 7) is 6.11. The number of carbonyl (C=O) groups excluding carboxylic acids is 1. The zero-order valence-corrected chi connectivity index (χ0v) is 20.3. The van der Waals surface area contributed by atoms with E-state index in [9.17, 15) is 9.59 Å². The molecule has 33 heavy (non-hydrogen) atoms. The molecule has 2 aromatic heterocycles. The molecule has 9 heteroatoms. The molecule has 3 aromatic rings. The van der Waals surface area contributed by atoms with E-state index in [1.165, 1.54) is 11.3 Å². The zero-order valence-electron chi connectivity index (χ0n) is 19.4. The van der Waals surface area contributed by atoms with E-state index in [0.717, 1.165) is 30.5 Å². The molecule has 1 amide bonds. The predicted molar refractivity (Wildman–Crippen MR) is 132 cm³/mol. The molecule has 1 atom stereocenters. The lowest BCUT2D eigenvalue weighted by Crippen LogP contribution is -2.44. The van der Waals surface area contributed by atoms with Gasteiger partial charge in [0.05, 0.1) is 25.7 Å². The normalized spacial score (nSPS) is 16.3. The molecular formula is C24H30N4O4S. The first kappa shape index (κ1) is 23.1. The van der Waals surface area contributed by atoms with Gasteiger partial charge in [-0.1, -0.05) is 19.9 Å². The van der Waals surface area contributed by atoms with E-state index in [1.807, 2.05) is 28.5 Å². The number of aromatic nitrogens is 2. The van der Waals surface area contributed by atoms with Gasteiger partial charge in [0.2, 0.25) is 11.9 Å². The lowest BCUT2D eigenvalue weighted by molar-refractivity contribution is -0.125. The Hall–Kier alpha value is -3.07. The number of benzene rings is 1. The van der Waals surface area contributed by atoms with Gasteiger partial charge in [0, 0.05) is 30.6 Å². The van der Waals surface area contributed by atoms with Crippen molar-refractivity contribution >= 4 is 33.4 Å². The van der Waals surface area contributed by atoms with Crippen molar-refractivity contribution in [3.05, 3.63) is 33.9 Å². The Morgan fingerprint density at radius 1 is 1.30 bits per heavy atom. The van der Waals surface area contributed by atoms with E-state index in [1.54, 1.807) is 14.2 Å². The number of carbonyl (C=O) groups is 1. The molecule has 0 radical (unpaired) electrons. The fourth-order valence-electron chi connectivity index (χ4n) is 4.11. The summed E-state index contributed by atoms with van der Waals surface area (Å²) in [6, 6.07) is 5.66. The van der Waals surface area contributed by atoms with Crippen molar-refractivity contribution in [3.63, 3.8) is 0 Å². The predicted octanol–water partition coefficient (Wildman–Crippen LogP) is 3.66. The summed E-state index contributed by atoms with van der Waals surface area (Å²) in [5.74, 6) is 2.12. The minimum absolute atomic E-state index is 0.0679. The third-order valence-electron chi connectivity index (χ3n) is 5.88. The number of nitrogens with one attached hydrogen (secondary N) is 2. The van der Waals surface area contributed by atoms with Crippen LogP contribution in [0, 0.1) is 11.8 Å². The topological polar surface area (TPSA) is 96.6 Å². The fourth-order valence-corrected chi connectivity index (χ4v) is 5.02. The van der Waals surface area contributed by atoms with E-state index in [0.29, 0.717) is 46.7 Å². The Bertz CT molecular complexity index is 1200. The molecule has 1 aliphatic heterocycles. The summed E-state index contributed by atoms with van der Waals surface area (Å²) in [6.07, 6.45) is 1.70. The van der Waals surface area contributed by atoms with E-state index in [2.05, 4.69) is 24.1 Å². The minimum atomic E-state index is -0.168. The summed E-state index contributed by atoms with van der Waals surface area (Å²) in [4.78, 5) is 35.3. The van der Waals surface area contributed by atoms with Gasteiger partial charge in [-0.05, 0) is 36.5 Å². The average molecular weight is 471 g/mol. The van der Waals surface area contributed by atoms with E-state index < -0.39 is 0 Å². The number of nitrogens with zero attached hydrogens (tertiary/aromatic N) is 2. The summed E-state index contributed by atoms with van der Waals surface area (Å²) in [5, 5.41) is 4.97. The van der Waals surface area contributed by atoms with E-state index >= 15 is 0 Å². The smallest absolute Gasteiger partial charge is 0.270 e. The van der Waals surface area contributed by atoms with Crippen molar-refractivity contribution in [1.29, 1.82) is 0 Å². The molecule has 176 valence electrons. The highest BCUT2D eigenvalue weighted by molar-refractivity contribution is 7.17. The molecule has 0 saturated carbocycles. The summed E-state index contributed by atoms with van der Waals surface area (Å²) >= 11 is 1.37. The second-order valence-electron chi connectivity index (χ2n) is 8.71. The number of ether oxygens (including phenoxy) is 2. The number of amides is 1. The van der Waals surface area contributed by atoms with E-state index in [-0.39, 0.29) is 17.4 Å². The second-order valence-corrected chi connectivity index (χ2v) is 9.59. The third-order valence-corrected chi connectivity index (χ3v) is 6.85. The number of thiophene rings is 1. The molecule has 8 nitrogen and oxygen atoms in total. The van der Waals surface area contributed by atoms with Crippen LogP contribution in [0.3, 0.4) is 0 Å². The van der Waals surface area contributed by atoms with Crippen molar-refractivity contribution in [2.45, 2.75) is 26.7 Å². The van der Waals surface area contributed by atoms with Crippen LogP contribution in [0.1, 0.15) is 26.7 Å². The number of hydrogen-bond acceptors (Lipinski definition) is 7. The van der Waals surface area contributed by atoms with Gasteiger partial charge in [-0.3, -0.25) is 14.6 Å². The molecule has 2 N–H and O–H groups in total. The molecule has 1 saturated heterocycles. The molecule has 0 bridgehead atoms. The zero-order chi connectivity index (χ0) is 23.5. The number of methoxy groups -OCH3 is 2. The quantitative estimate of drug-likeness (QED) is 0.547. The number of rotatable bonds is 7. The number of anilines is 1. The molecule has 1 fully saturated rings. The maximum absolute atomic E-state index is 12.9. The highest BCUT2D eigenvalue weighted by Gasteiger charge is 2.27. The van der Waals surface area contributed by atoms with Gasteiger partial charge >= 0.3 is 0 Å². The van der Waals surface area contributed by atoms with Gasteiger partial charge in [0.1, 0.15) is 4.70 Å². The first-order valence-electron chi connectivity index (χ1n) is 11.2. The van der Waals surface area contributed by atoms with Crippen molar-refractivity contribution in [2.24, 2.45) is 11.8 Å². The Morgan fingerprint density at radius 2 is 2.09 bits per heavy atom. The first-order chi connectivity index (χ1) is 15.9. The molecule has 0 aliphatic carbocycles. The first-order valence-corrected chi connectivity index (χ1v) is 12.1. The number of hydrogen-bond donors (Lipinski definition) is 2. The molecule has 0 spiro atoms. The Morgan fingerprint density at radius 3 is 2.82 bits per heavy atom. The number of H-pyrrole nitrogens is 1. The minimum Gasteiger partial charge on any atom is -0.493 e. The van der Waals surface area contributed by atoms with Crippen LogP contribution in [0.2, 0.25) is 0 Å². The van der Waals surface area contributed by atoms with E-state index in [4.69, 9.17) is 14.5 Å². The van der Waals surface area contributed by atoms with Gasteiger partial charge in [0.15, 0.2) is 11.5 Å². The summed E-state index contributed by atoms with van der Waals surface area (Å²) < 4.78 is 11.4. The van der Waals surface area contributed by atoms with Gasteiger partial charge < -0.3 is 19.7 Å². The standard InChI is InChI=1S/C24H30N4O4S/c1-14(2)11-25-22(29)16-6-5-9-28(12-16)24-26-20-17(13-33-21(20)23(30)27-24)15-7-8-18(31-3)19(10-15)32-4/h7-8,10,13-14,16H,5-6,9,11-12H2,1-4H3,(H,25,29)(H,26,27,30)/t16-/m0/s1. The van der Waals surface area contributed by atoms with Crippen molar-refractivity contribution < 1.29 is 14.3 Å². The van der Waals surface area contributed by atoms with Crippen molar-refractivity contribution in [2.75, 3.05) is 38.8 Å². The van der Waals surface area contributed by atoms with Crippen LogP contribution in [-0.2, 0) is 4.79 Å². The molecule has 0 unspecified atom stereocenters. The molecule has 3 heterocycles. The lowest BCUT2D eigenvalue weighted by Gasteiger charge is -2.32. The van der Waals surface area contributed by atoms with Crippen LogP contribution in [0.5, 0.6) is 11.5 Å². The number of aromatic amines is 1. The van der Waals surface area contributed by atoms with Gasteiger partial charge in [-0.25, -0.2) is 4.98 Å². The maximum atomic E-state index is 12.9. The largest absolute Gasteiger partial charge is 0.493 e. The van der Waals surface area contributed by atoms with Gasteiger partial charge in [0.25, 0.3) is 5.56 Å². The van der Waals surface area contributed by atoms with Crippen LogP contribution in [0.4, 0.5) is 5.95 Å². The van der Waals surface area contributed by atoms with Crippen LogP contribution in [-0.4, -0.2) is 49.7 Å². The number of fused-ring (bicyclic) bond motifs is 1. The van der Waals surface area contributed by atoms with Crippen LogP contribution in [0.25, 0.3) is 21.3 Å². The Balaban J connectivity index is 1.65. The maximum Gasteiger partial charge on any atom is 0.270 e. The fraction of sp³-hybridized carbons (Fsp3) is 0.458. The summed E-state index contributed by atoms with van der Waals surface area (Å²) in [7, 11) is 3.19.